The molecule has 1 amide bonds. The molecule has 0 radical (unpaired) electrons. The van der Waals surface area contributed by atoms with Crippen LogP contribution in [0.15, 0.2) is 36.4 Å². The number of halogens is 2. The van der Waals surface area contributed by atoms with Gasteiger partial charge in [-0.05, 0) is 36.2 Å². The van der Waals surface area contributed by atoms with Gasteiger partial charge in [-0.25, -0.2) is 0 Å². The van der Waals surface area contributed by atoms with Gasteiger partial charge in [0.25, 0.3) is 0 Å². The second-order valence-electron chi connectivity index (χ2n) is 10.3. The number of likely N-dealkylation sites (N-methyl/N-ethyl adjacent to an activating group) is 1. The number of ether oxygens (including phenoxy) is 1. The molecule has 0 saturated heterocycles. The van der Waals surface area contributed by atoms with E-state index < -0.39 is 0 Å². The van der Waals surface area contributed by atoms with E-state index >= 15 is 0 Å². The molecule has 0 N–H and O–H groups in total. The highest BCUT2D eigenvalue weighted by atomic mass is 35.5. The first-order chi connectivity index (χ1) is 16.7. The lowest BCUT2D eigenvalue weighted by molar-refractivity contribution is -0.869. The zero-order valence-corrected chi connectivity index (χ0v) is 23.7. The molecule has 2 aromatic carbocycles. The number of methoxy groups -OCH3 is 1. The maximum Gasteiger partial charge on any atom is 0.223 e. The molecule has 6 heteroatoms. The normalized spacial score (nSPS) is 11.5. The highest BCUT2D eigenvalue weighted by molar-refractivity contribution is 6.39. The Bertz CT molecular complexity index is 921. The number of hydrogen-bond donors (Lipinski definition) is 0. The van der Waals surface area contributed by atoms with E-state index in [1.54, 1.807) is 7.11 Å². The van der Waals surface area contributed by atoms with Crippen LogP contribution in [0.5, 0.6) is 5.75 Å². The Labute approximate surface area is 222 Å². The number of hydrogen-bond acceptors (Lipinski definition) is 2. The third-order valence-corrected chi connectivity index (χ3v) is 6.89. The molecule has 2 rings (SSSR count). The molecule has 2 aromatic rings. The summed E-state index contributed by atoms with van der Waals surface area (Å²) in [5, 5.41) is 1.15. The molecule has 0 heterocycles. The number of quaternary nitrogens is 1. The van der Waals surface area contributed by atoms with E-state index in [2.05, 4.69) is 28.1 Å². The first-order valence-corrected chi connectivity index (χ1v) is 13.6. The minimum Gasteiger partial charge on any atom is -0.496 e. The van der Waals surface area contributed by atoms with Gasteiger partial charge in [0, 0.05) is 24.1 Å². The standard InChI is InChI=1S/C29H43Cl2N2O2/c1-6-7-8-9-10-11-12-16-28(34)32(19-20-33(2,3)4)22-23-17-18-27(35-5)24(21-23)29-25(30)14-13-15-26(29)31/h13-15,17-18,21H,6-12,16,19-20,22H2,1-5H3/q+1. The number of carbonyl (C=O) groups excluding carboxylic acids is 1. The third-order valence-electron chi connectivity index (χ3n) is 6.26. The highest BCUT2D eigenvalue weighted by Gasteiger charge is 2.20. The number of unbranched alkanes of at least 4 members (excludes halogenated alkanes) is 6. The topological polar surface area (TPSA) is 29.5 Å². The number of amides is 1. The van der Waals surface area contributed by atoms with Crippen LogP contribution in [0.3, 0.4) is 0 Å². The molecule has 4 nitrogen and oxygen atoms in total. The maximum atomic E-state index is 13.2. The zero-order chi connectivity index (χ0) is 25.8. The molecule has 0 spiro atoms. The SMILES string of the molecule is CCCCCCCCCC(=O)N(CC[N+](C)(C)C)Cc1ccc(OC)c(-c2c(Cl)cccc2Cl)c1. The van der Waals surface area contributed by atoms with Gasteiger partial charge in [0.05, 0.1) is 51.4 Å². The van der Waals surface area contributed by atoms with Gasteiger partial charge < -0.3 is 14.1 Å². The Balaban J connectivity index is 2.17. The summed E-state index contributed by atoms with van der Waals surface area (Å²) in [5.74, 6) is 0.927. The summed E-state index contributed by atoms with van der Waals surface area (Å²) in [6, 6.07) is 11.5. The molecule has 0 aliphatic heterocycles. The van der Waals surface area contributed by atoms with Gasteiger partial charge in [-0.3, -0.25) is 4.79 Å². The van der Waals surface area contributed by atoms with E-state index in [9.17, 15) is 4.79 Å². The monoisotopic (exact) mass is 521 g/mol. The van der Waals surface area contributed by atoms with Crippen molar-refractivity contribution in [1.82, 2.24) is 4.90 Å². The Kier molecular flexibility index (Phi) is 12.4. The average Bonchev–Trinajstić information content (AvgIpc) is 2.80. The van der Waals surface area contributed by atoms with Gasteiger partial charge in [0.1, 0.15) is 5.75 Å². The van der Waals surface area contributed by atoms with Crippen LogP contribution >= 0.6 is 23.2 Å². The van der Waals surface area contributed by atoms with E-state index in [-0.39, 0.29) is 5.91 Å². The van der Waals surface area contributed by atoms with Crippen molar-refractivity contribution in [3.8, 4) is 16.9 Å². The second-order valence-corrected chi connectivity index (χ2v) is 11.1. The van der Waals surface area contributed by atoms with Crippen LogP contribution in [-0.4, -0.2) is 56.6 Å². The Morgan fingerprint density at radius 1 is 0.943 bits per heavy atom. The molecular formula is C29H43Cl2N2O2+. The first-order valence-electron chi connectivity index (χ1n) is 12.9. The van der Waals surface area contributed by atoms with Crippen molar-refractivity contribution in [2.45, 2.75) is 64.8 Å². The van der Waals surface area contributed by atoms with Gasteiger partial charge in [-0.1, -0.05) is 80.8 Å². The molecule has 0 bridgehead atoms. The van der Waals surface area contributed by atoms with Gasteiger partial charge >= 0.3 is 0 Å². The van der Waals surface area contributed by atoms with Crippen LogP contribution in [0, 0.1) is 0 Å². The molecule has 0 atom stereocenters. The summed E-state index contributed by atoms with van der Waals surface area (Å²) in [7, 11) is 8.11. The van der Waals surface area contributed by atoms with Gasteiger partial charge in [0.2, 0.25) is 5.91 Å². The molecule has 35 heavy (non-hydrogen) atoms. The van der Waals surface area contributed by atoms with Crippen LogP contribution in [0.1, 0.15) is 63.9 Å². The van der Waals surface area contributed by atoms with Crippen molar-refractivity contribution < 1.29 is 14.0 Å². The summed E-state index contributed by atoms with van der Waals surface area (Å²) in [5.41, 5.74) is 2.62. The van der Waals surface area contributed by atoms with Crippen LogP contribution in [0.2, 0.25) is 10.0 Å². The quantitative estimate of drug-likeness (QED) is 0.176. The maximum absolute atomic E-state index is 13.2. The third kappa shape index (κ3) is 10.0. The zero-order valence-electron chi connectivity index (χ0n) is 22.2. The average molecular weight is 523 g/mol. The lowest BCUT2D eigenvalue weighted by Crippen LogP contribution is -2.43. The number of carbonyl (C=O) groups is 1. The van der Waals surface area contributed by atoms with Crippen LogP contribution in [0.25, 0.3) is 11.1 Å². The predicted octanol–water partition coefficient (Wildman–Crippen LogP) is 7.84. The van der Waals surface area contributed by atoms with E-state index in [0.717, 1.165) is 40.6 Å². The molecule has 0 saturated carbocycles. The summed E-state index contributed by atoms with van der Waals surface area (Å²) < 4.78 is 6.42. The van der Waals surface area contributed by atoms with E-state index in [0.29, 0.717) is 35.3 Å². The predicted molar refractivity (Wildman–Crippen MR) is 149 cm³/mol. The molecule has 0 unspecified atom stereocenters. The van der Waals surface area contributed by atoms with E-state index in [1.807, 2.05) is 41.3 Å². The smallest absolute Gasteiger partial charge is 0.223 e. The molecule has 0 aliphatic rings. The van der Waals surface area contributed by atoms with Crippen molar-refractivity contribution in [2.75, 3.05) is 41.3 Å². The lowest BCUT2D eigenvalue weighted by Gasteiger charge is -2.29. The molecule has 0 fully saturated rings. The molecular weight excluding hydrogens is 479 g/mol. The second kappa shape index (κ2) is 14.7. The summed E-state index contributed by atoms with van der Waals surface area (Å²) in [4.78, 5) is 15.2. The van der Waals surface area contributed by atoms with Crippen molar-refractivity contribution >= 4 is 29.1 Å². The number of nitrogens with zero attached hydrogens (tertiary/aromatic N) is 2. The van der Waals surface area contributed by atoms with Gasteiger partial charge in [-0.2, -0.15) is 0 Å². The van der Waals surface area contributed by atoms with Crippen molar-refractivity contribution in [1.29, 1.82) is 0 Å². The fourth-order valence-electron chi connectivity index (χ4n) is 4.13. The lowest BCUT2D eigenvalue weighted by atomic mass is 10.0. The number of rotatable bonds is 15. The minimum absolute atomic E-state index is 0.222. The minimum atomic E-state index is 0.222. The van der Waals surface area contributed by atoms with E-state index in [4.69, 9.17) is 27.9 Å². The molecule has 194 valence electrons. The fourth-order valence-corrected chi connectivity index (χ4v) is 4.73. The highest BCUT2D eigenvalue weighted by Crippen LogP contribution is 2.40. The largest absolute Gasteiger partial charge is 0.496 e. The summed E-state index contributed by atoms with van der Waals surface area (Å²) in [6.07, 6.45) is 9.03. The number of benzene rings is 2. The van der Waals surface area contributed by atoms with Crippen LogP contribution < -0.4 is 4.74 Å². The summed E-state index contributed by atoms with van der Waals surface area (Å²) in [6.45, 7) is 4.39. The van der Waals surface area contributed by atoms with E-state index in [1.165, 1.54) is 32.1 Å². The van der Waals surface area contributed by atoms with Gasteiger partial charge in [0.15, 0.2) is 0 Å². The van der Waals surface area contributed by atoms with Crippen molar-refractivity contribution in [3.63, 3.8) is 0 Å². The first kappa shape index (κ1) is 29.5. The fraction of sp³-hybridized carbons (Fsp3) is 0.552. The summed E-state index contributed by atoms with van der Waals surface area (Å²) >= 11 is 13.0. The van der Waals surface area contributed by atoms with Gasteiger partial charge in [-0.15, -0.1) is 0 Å². The van der Waals surface area contributed by atoms with Crippen LogP contribution in [-0.2, 0) is 11.3 Å². The Hall–Kier alpha value is -1.75. The van der Waals surface area contributed by atoms with Crippen molar-refractivity contribution in [2.24, 2.45) is 0 Å². The molecule has 0 aliphatic carbocycles. The Morgan fingerprint density at radius 3 is 2.17 bits per heavy atom. The van der Waals surface area contributed by atoms with Crippen LogP contribution in [0.4, 0.5) is 0 Å². The van der Waals surface area contributed by atoms with Crippen molar-refractivity contribution in [3.05, 3.63) is 52.0 Å². The Morgan fingerprint density at radius 2 is 1.57 bits per heavy atom. The molecule has 0 aromatic heterocycles.